The van der Waals surface area contributed by atoms with Gasteiger partial charge in [0.25, 0.3) is 0 Å². The van der Waals surface area contributed by atoms with E-state index in [4.69, 9.17) is 10.5 Å². The molecule has 0 radical (unpaired) electrons. The molecule has 0 aromatic heterocycles. The van der Waals surface area contributed by atoms with E-state index in [1.807, 2.05) is 0 Å². The summed E-state index contributed by atoms with van der Waals surface area (Å²) in [6, 6.07) is 0.596. The molecule has 1 amide bonds. The quantitative estimate of drug-likeness (QED) is 0.745. The summed E-state index contributed by atoms with van der Waals surface area (Å²) in [6.07, 6.45) is 6.63. The summed E-state index contributed by atoms with van der Waals surface area (Å²) in [7, 11) is 0. The van der Waals surface area contributed by atoms with E-state index in [0.717, 1.165) is 19.4 Å². The van der Waals surface area contributed by atoms with E-state index in [1.165, 1.54) is 25.7 Å². The number of carbonyl (C=O) groups is 1. The van der Waals surface area contributed by atoms with Gasteiger partial charge in [-0.3, -0.25) is 4.79 Å². The van der Waals surface area contributed by atoms with Crippen molar-refractivity contribution in [2.45, 2.75) is 44.6 Å². The molecule has 4 heteroatoms. The Hall–Kier alpha value is -0.610. The highest BCUT2D eigenvalue weighted by molar-refractivity contribution is 5.81. The molecule has 1 aliphatic carbocycles. The molecule has 16 heavy (non-hydrogen) atoms. The first-order chi connectivity index (χ1) is 7.73. The van der Waals surface area contributed by atoms with Crippen LogP contribution in [0.5, 0.6) is 0 Å². The summed E-state index contributed by atoms with van der Waals surface area (Å²) < 4.78 is 5.31. The lowest BCUT2D eigenvalue weighted by Crippen LogP contribution is -2.50. The van der Waals surface area contributed by atoms with Gasteiger partial charge in [0.15, 0.2) is 0 Å². The molecule has 2 fully saturated rings. The molecule has 1 aliphatic heterocycles. The predicted molar refractivity (Wildman–Crippen MR) is 61.9 cm³/mol. The Kier molecular flexibility index (Phi) is 3.82. The first-order valence-electron chi connectivity index (χ1n) is 6.34. The zero-order chi connectivity index (χ0) is 11.4. The van der Waals surface area contributed by atoms with Gasteiger partial charge in [-0.25, -0.2) is 0 Å². The minimum Gasteiger partial charge on any atom is -0.381 e. The maximum atomic E-state index is 11.6. The smallest absolute Gasteiger partial charge is 0.225 e. The predicted octanol–water partition coefficient (Wildman–Crippen LogP) is 0.801. The molecule has 0 spiro atoms. The number of rotatable bonds is 4. The van der Waals surface area contributed by atoms with Crippen molar-refractivity contribution in [3.63, 3.8) is 0 Å². The van der Waals surface area contributed by atoms with Crippen molar-refractivity contribution < 1.29 is 9.53 Å². The largest absolute Gasteiger partial charge is 0.381 e. The zero-order valence-corrected chi connectivity index (χ0v) is 9.84. The van der Waals surface area contributed by atoms with Crippen LogP contribution in [0.4, 0.5) is 0 Å². The second kappa shape index (κ2) is 5.15. The van der Waals surface area contributed by atoms with E-state index in [1.54, 1.807) is 0 Å². The molecule has 0 bridgehead atoms. The summed E-state index contributed by atoms with van der Waals surface area (Å²) >= 11 is 0. The van der Waals surface area contributed by atoms with Gasteiger partial charge in [0, 0.05) is 25.8 Å². The molecule has 4 nitrogen and oxygen atoms in total. The van der Waals surface area contributed by atoms with Gasteiger partial charge in [-0.1, -0.05) is 12.8 Å². The van der Waals surface area contributed by atoms with E-state index in [9.17, 15) is 4.79 Å². The lowest BCUT2D eigenvalue weighted by Gasteiger charge is -2.35. The fraction of sp³-hybridized carbons (Fsp3) is 0.917. The molecule has 2 rings (SSSR count). The Morgan fingerprint density at radius 1 is 1.31 bits per heavy atom. The minimum atomic E-state index is -0.360. The van der Waals surface area contributed by atoms with E-state index < -0.39 is 0 Å². The fourth-order valence-corrected chi connectivity index (χ4v) is 2.74. The standard InChI is InChI=1S/C12H22N2O2/c13-11(15)12(5-7-16-8-6-12)9-14-10-3-1-2-4-10/h10,14H,1-9H2,(H2,13,15). The number of nitrogens with one attached hydrogen (secondary N) is 1. The molecule has 1 saturated carbocycles. The first kappa shape index (κ1) is 11.9. The van der Waals surface area contributed by atoms with Crippen LogP contribution in [0.3, 0.4) is 0 Å². The zero-order valence-electron chi connectivity index (χ0n) is 9.84. The van der Waals surface area contributed by atoms with Crippen LogP contribution < -0.4 is 11.1 Å². The third-order valence-electron chi connectivity index (χ3n) is 4.06. The molecule has 0 aromatic rings. The van der Waals surface area contributed by atoms with Crippen LogP contribution in [0.2, 0.25) is 0 Å². The Morgan fingerprint density at radius 2 is 1.94 bits per heavy atom. The SMILES string of the molecule is NC(=O)C1(CNC2CCCC2)CCOCC1. The molecule has 3 N–H and O–H groups in total. The van der Waals surface area contributed by atoms with Crippen LogP contribution in [0.15, 0.2) is 0 Å². The van der Waals surface area contributed by atoms with Crippen LogP contribution in [-0.4, -0.2) is 31.7 Å². The minimum absolute atomic E-state index is 0.165. The highest BCUT2D eigenvalue weighted by Gasteiger charge is 2.38. The van der Waals surface area contributed by atoms with Crippen LogP contribution >= 0.6 is 0 Å². The van der Waals surface area contributed by atoms with Crippen molar-refractivity contribution >= 4 is 5.91 Å². The molecule has 1 heterocycles. The summed E-state index contributed by atoms with van der Waals surface area (Å²) in [5.74, 6) is -0.165. The molecule has 2 aliphatic rings. The van der Waals surface area contributed by atoms with Crippen molar-refractivity contribution in [2.24, 2.45) is 11.1 Å². The Morgan fingerprint density at radius 3 is 2.50 bits per heavy atom. The van der Waals surface area contributed by atoms with Gasteiger partial charge >= 0.3 is 0 Å². The van der Waals surface area contributed by atoms with Crippen LogP contribution in [-0.2, 0) is 9.53 Å². The number of hydrogen-bond acceptors (Lipinski definition) is 3. The van der Waals surface area contributed by atoms with Gasteiger partial charge < -0.3 is 15.8 Å². The third-order valence-corrected chi connectivity index (χ3v) is 4.06. The van der Waals surface area contributed by atoms with E-state index in [-0.39, 0.29) is 11.3 Å². The highest BCUT2D eigenvalue weighted by Crippen LogP contribution is 2.30. The van der Waals surface area contributed by atoms with Gasteiger partial charge in [0.2, 0.25) is 5.91 Å². The molecule has 0 atom stereocenters. The summed E-state index contributed by atoms with van der Waals surface area (Å²) in [5.41, 5.74) is 5.19. The summed E-state index contributed by atoms with van der Waals surface area (Å²) in [4.78, 5) is 11.6. The van der Waals surface area contributed by atoms with Crippen molar-refractivity contribution in [1.29, 1.82) is 0 Å². The van der Waals surface area contributed by atoms with Crippen molar-refractivity contribution in [3.8, 4) is 0 Å². The molecule has 92 valence electrons. The third kappa shape index (κ3) is 2.55. The number of amides is 1. The van der Waals surface area contributed by atoms with Crippen molar-refractivity contribution in [2.75, 3.05) is 19.8 Å². The number of ether oxygens (including phenoxy) is 1. The number of primary amides is 1. The second-order valence-corrected chi connectivity index (χ2v) is 5.12. The van der Waals surface area contributed by atoms with Gasteiger partial charge in [-0.15, -0.1) is 0 Å². The molecule has 0 aromatic carbocycles. The number of hydrogen-bond donors (Lipinski definition) is 2. The number of nitrogens with two attached hydrogens (primary N) is 1. The van der Waals surface area contributed by atoms with E-state index >= 15 is 0 Å². The monoisotopic (exact) mass is 226 g/mol. The lowest BCUT2D eigenvalue weighted by atomic mass is 9.79. The average molecular weight is 226 g/mol. The highest BCUT2D eigenvalue weighted by atomic mass is 16.5. The van der Waals surface area contributed by atoms with E-state index in [2.05, 4.69) is 5.32 Å². The fourth-order valence-electron chi connectivity index (χ4n) is 2.74. The topological polar surface area (TPSA) is 64.4 Å². The van der Waals surface area contributed by atoms with Gasteiger partial charge in [0.1, 0.15) is 0 Å². The average Bonchev–Trinajstić information content (AvgIpc) is 2.80. The van der Waals surface area contributed by atoms with Gasteiger partial charge in [-0.05, 0) is 25.7 Å². The second-order valence-electron chi connectivity index (χ2n) is 5.12. The Bertz CT molecular complexity index is 243. The molecular formula is C12H22N2O2. The van der Waals surface area contributed by atoms with E-state index in [0.29, 0.717) is 19.3 Å². The Balaban J connectivity index is 1.88. The maximum Gasteiger partial charge on any atom is 0.225 e. The van der Waals surface area contributed by atoms with Crippen molar-refractivity contribution in [3.05, 3.63) is 0 Å². The Labute approximate surface area is 96.9 Å². The lowest BCUT2D eigenvalue weighted by molar-refractivity contribution is -0.133. The van der Waals surface area contributed by atoms with Crippen LogP contribution in [0.1, 0.15) is 38.5 Å². The molecule has 1 saturated heterocycles. The van der Waals surface area contributed by atoms with Crippen LogP contribution in [0.25, 0.3) is 0 Å². The maximum absolute atomic E-state index is 11.6. The van der Waals surface area contributed by atoms with Crippen LogP contribution in [0, 0.1) is 5.41 Å². The molecular weight excluding hydrogens is 204 g/mol. The summed E-state index contributed by atoms with van der Waals surface area (Å²) in [6.45, 7) is 2.06. The van der Waals surface area contributed by atoms with Crippen molar-refractivity contribution in [1.82, 2.24) is 5.32 Å². The first-order valence-corrected chi connectivity index (χ1v) is 6.34. The number of carbonyl (C=O) groups excluding carboxylic acids is 1. The normalized spacial score (nSPS) is 25.8. The summed E-state index contributed by atoms with van der Waals surface area (Å²) in [5, 5.41) is 3.52. The van der Waals surface area contributed by atoms with Gasteiger partial charge in [-0.2, -0.15) is 0 Å². The van der Waals surface area contributed by atoms with Gasteiger partial charge in [0.05, 0.1) is 5.41 Å². The molecule has 0 unspecified atom stereocenters.